The summed E-state index contributed by atoms with van der Waals surface area (Å²) in [5, 5.41) is 0. The summed E-state index contributed by atoms with van der Waals surface area (Å²) in [4.78, 5) is 2.43. The first-order chi connectivity index (χ1) is 10.9. The smallest absolute Gasteiger partial charge is 0.243 e. The Bertz CT molecular complexity index is 592. The van der Waals surface area contributed by atoms with Crippen LogP contribution in [0.1, 0.15) is 13.3 Å². The Labute approximate surface area is 138 Å². The van der Waals surface area contributed by atoms with Crippen molar-refractivity contribution in [2.24, 2.45) is 5.92 Å². The van der Waals surface area contributed by atoms with Gasteiger partial charge in [0, 0.05) is 39.9 Å². The summed E-state index contributed by atoms with van der Waals surface area (Å²) >= 11 is 0. The minimum atomic E-state index is -3.55. The summed E-state index contributed by atoms with van der Waals surface area (Å²) in [5.74, 6) is -0.0154. The van der Waals surface area contributed by atoms with E-state index in [1.165, 1.54) is 28.6 Å². The molecule has 1 aliphatic rings. The van der Waals surface area contributed by atoms with Gasteiger partial charge in [-0.05, 0) is 43.1 Å². The van der Waals surface area contributed by atoms with Crippen LogP contribution in [0.4, 0.5) is 4.39 Å². The highest BCUT2D eigenvalue weighted by atomic mass is 32.2. The van der Waals surface area contributed by atoms with Crippen LogP contribution in [0.25, 0.3) is 0 Å². The molecule has 1 aromatic carbocycles. The number of halogens is 1. The van der Waals surface area contributed by atoms with E-state index in [-0.39, 0.29) is 4.90 Å². The van der Waals surface area contributed by atoms with Gasteiger partial charge in [0.05, 0.1) is 4.90 Å². The fraction of sp³-hybridized carbons (Fsp3) is 0.625. The molecule has 5 nitrogen and oxygen atoms in total. The quantitative estimate of drug-likeness (QED) is 0.790. The van der Waals surface area contributed by atoms with Crippen molar-refractivity contribution < 1.29 is 17.5 Å². The molecule has 1 aromatic rings. The lowest BCUT2D eigenvalue weighted by Gasteiger charge is -2.24. The van der Waals surface area contributed by atoms with Crippen LogP contribution in [0.5, 0.6) is 0 Å². The fourth-order valence-corrected chi connectivity index (χ4v) is 4.37. The van der Waals surface area contributed by atoms with E-state index < -0.39 is 15.8 Å². The van der Waals surface area contributed by atoms with Crippen molar-refractivity contribution in [3.05, 3.63) is 30.1 Å². The molecule has 0 spiro atoms. The SMILES string of the molecule is COC[C@H](C)CN1CCCN(S(=O)(=O)c2ccc(F)cc2)CC1. The van der Waals surface area contributed by atoms with E-state index >= 15 is 0 Å². The number of ether oxygens (including phenoxy) is 1. The Morgan fingerprint density at radius 3 is 2.52 bits per heavy atom. The van der Waals surface area contributed by atoms with Crippen LogP contribution in [0.2, 0.25) is 0 Å². The monoisotopic (exact) mass is 344 g/mol. The standard InChI is InChI=1S/C16H25FN2O3S/c1-14(13-22-2)12-18-8-3-9-19(11-10-18)23(20,21)16-6-4-15(17)5-7-16/h4-7,14H,3,8-13H2,1-2H3/t14-/m1/s1. The number of hydrogen-bond donors (Lipinski definition) is 0. The van der Waals surface area contributed by atoms with Crippen LogP contribution >= 0.6 is 0 Å². The van der Waals surface area contributed by atoms with E-state index in [0.717, 1.165) is 19.5 Å². The van der Waals surface area contributed by atoms with Crippen LogP contribution in [0.15, 0.2) is 29.2 Å². The van der Waals surface area contributed by atoms with Gasteiger partial charge in [0.25, 0.3) is 0 Å². The summed E-state index contributed by atoms with van der Waals surface area (Å²) in [5.41, 5.74) is 0. The molecule has 7 heteroatoms. The van der Waals surface area contributed by atoms with E-state index in [9.17, 15) is 12.8 Å². The molecule has 1 heterocycles. The largest absolute Gasteiger partial charge is 0.384 e. The van der Waals surface area contributed by atoms with E-state index in [0.29, 0.717) is 32.2 Å². The lowest BCUT2D eigenvalue weighted by Crippen LogP contribution is -2.36. The highest BCUT2D eigenvalue weighted by Crippen LogP contribution is 2.18. The van der Waals surface area contributed by atoms with E-state index in [1.807, 2.05) is 0 Å². The van der Waals surface area contributed by atoms with Crippen LogP contribution in [0.3, 0.4) is 0 Å². The van der Waals surface area contributed by atoms with Gasteiger partial charge in [0.15, 0.2) is 0 Å². The summed E-state index contributed by atoms with van der Waals surface area (Å²) in [6, 6.07) is 5.02. The van der Waals surface area contributed by atoms with Crippen molar-refractivity contribution in [2.75, 3.05) is 46.4 Å². The van der Waals surface area contributed by atoms with E-state index in [1.54, 1.807) is 7.11 Å². The molecule has 130 valence electrons. The number of nitrogens with zero attached hydrogens (tertiary/aromatic N) is 2. The molecule has 23 heavy (non-hydrogen) atoms. The second-order valence-corrected chi connectivity index (χ2v) is 8.01. The first-order valence-electron chi connectivity index (χ1n) is 7.90. The predicted octanol–water partition coefficient (Wildman–Crippen LogP) is 1.80. The molecule has 1 atom stereocenters. The van der Waals surface area contributed by atoms with Gasteiger partial charge in [-0.1, -0.05) is 6.92 Å². The molecule has 0 aliphatic carbocycles. The molecule has 0 bridgehead atoms. The summed E-state index contributed by atoms with van der Waals surface area (Å²) in [6.07, 6.45) is 0.792. The molecule has 1 fully saturated rings. The highest BCUT2D eigenvalue weighted by Gasteiger charge is 2.27. The maximum atomic E-state index is 13.0. The number of rotatable bonds is 6. The zero-order valence-electron chi connectivity index (χ0n) is 13.7. The van der Waals surface area contributed by atoms with Crippen LogP contribution in [-0.2, 0) is 14.8 Å². The first kappa shape index (κ1) is 18.3. The Morgan fingerprint density at radius 2 is 1.87 bits per heavy atom. The van der Waals surface area contributed by atoms with Gasteiger partial charge in [0.1, 0.15) is 5.82 Å². The number of hydrogen-bond acceptors (Lipinski definition) is 4. The molecule has 2 rings (SSSR count). The van der Waals surface area contributed by atoms with Crippen LogP contribution in [0, 0.1) is 11.7 Å². The third-order valence-corrected chi connectivity index (χ3v) is 5.93. The van der Waals surface area contributed by atoms with Gasteiger partial charge in [-0.25, -0.2) is 12.8 Å². The zero-order valence-corrected chi connectivity index (χ0v) is 14.6. The maximum Gasteiger partial charge on any atom is 0.243 e. The van der Waals surface area contributed by atoms with Crippen LogP contribution < -0.4 is 0 Å². The van der Waals surface area contributed by atoms with Gasteiger partial charge in [0.2, 0.25) is 10.0 Å². The summed E-state index contributed by atoms with van der Waals surface area (Å²) in [7, 11) is -1.86. The molecule has 0 radical (unpaired) electrons. The molecule has 0 unspecified atom stereocenters. The zero-order chi connectivity index (χ0) is 16.9. The average molecular weight is 344 g/mol. The van der Waals surface area contributed by atoms with Crippen molar-refractivity contribution in [1.82, 2.24) is 9.21 Å². The molecular formula is C16H25FN2O3S. The van der Waals surface area contributed by atoms with Gasteiger partial charge < -0.3 is 9.64 Å². The Kier molecular flexibility index (Phi) is 6.52. The van der Waals surface area contributed by atoms with Gasteiger partial charge in [-0.3, -0.25) is 0 Å². The minimum Gasteiger partial charge on any atom is -0.384 e. The second kappa shape index (κ2) is 8.19. The summed E-state index contributed by atoms with van der Waals surface area (Å²) in [6.45, 7) is 6.26. The molecule has 0 amide bonds. The topological polar surface area (TPSA) is 49.9 Å². The first-order valence-corrected chi connectivity index (χ1v) is 9.34. The normalized spacial score (nSPS) is 19.4. The number of benzene rings is 1. The van der Waals surface area contributed by atoms with Crippen LogP contribution in [-0.4, -0.2) is 64.1 Å². The average Bonchev–Trinajstić information content (AvgIpc) is 2.74. The lowest BCUT2D eigenvalue weighted by molar-refractivity contribution is 0.131. The van der Waals surface area contributed by atoms with Crippen molar-refractivity contribution in [3.8, 4) is 0 Å². The Hall–Kier alpha value is -1.02. The highest BCUT2D eigenvalue weighted by molar-refractivity contribution is 7.89. The Balaban J connectivity index is 2.00. The van der Waals surface area contributed by atoms with Crippen molar-refractivity contribution in [1.29, 1.82) is 0 Å². The molecule has 0 N–H and O–H groups in total. The fourth-order valence-electron chi connectivity index (χ4n) is 2.90. The Morgan fingerprint density at radius 1 is 1.17 bits per heavy atom. The molecular weight excluding hydrogens is 319 g/mol. The molecule has 0 aromatic heterocycles. The summed E-state index contributed by atoms with van der Waals surface area (Å²) < 4.78 is 44.9. The van der Waals surface area contributed by atoms with Gasteiger partial charge in [-0.2, -0.15) is 4.31 Å². The molecule has 1 aliphatic heterocycles. The minimum absolute atomic E-state index is 0.153. The molecule has 1 saturated heterocycles. The van der Waals surface area contributed by atoms with Gasteiger partial charge >= 0.3 is 0 Å². The third kappa shape index (κ3) is 4.97. The van der Waals surface area contributed by atoms with Crippen molar-refractivity contribution in [3.63, 3.8) is 0 Å². The lowest BCUT2D eigenvalue weighted by atomic mass is 10.2. The van der Waals surface area contributed by atoms with E-state index in [4.69, 9.17) is 4.74 Å². The van der Waals surface area contributed by atoms with E-state index in [2.05, 4.69) is 11.8 Å². The van der Waals surface area contributed by atoms with Crippen molar-refractivity contribution >= 4 is 10.0 Å². The van der Waals surface area contributed by atoms with Gasteiger partial charge in [-0.15, -0.1) is 0 Å². The number of methoxy groups -OCH3 is 1. The second-order valence-electron chi connectivity index (χ2n) is 6.07. The predicted molar refractivity (Wildman–Crippen MR) is 87.3 cm³/mol. The van der Waals surface area contributed by atoms with Crippen molar-refractivity contribution in [2.45, 2.75) is 18.2 Å². The number of sulfonamides is 1. The maximum absolute atomic E-state index is 13.0. The third-order valence-electron chi connectivity index (χ3n) is 4.02. The molecule has 0 saturated carbocycles.